The van der Waals surface area contributed by atoms with E-state index in [1.54, 1.807) is 0 Å². The molecule has 0 bridgehead atoms. The van der Waals surface area contributed by atoms with Gasteiger partial charge in [-0.25, -0.2) is 0 Å². The van der Waals surface area contributed by atoms with Crippen LogP contribution in [0.2, 0.25) is 0 Å². The van der Waals surface area contributed by atoms with E-state index in [4.69, 9.17) is 0 Å². The van der Waals surface area contributed by atoms with Crippen molar-refractivity contribution < 1.29 is 14.6 Å². The van der Waals surface area contributed by atoms with Gasteiger partial charge < -0.3 is 19.7 Å². The van der Waals surface area contributed by atoms with Crippen molar-refractivity contribution in [2.24, 2.45) is 0 Å². The molecule has 1 heterocycles. The Balaban J connectivity index is 2.14. The van der Waals surface area contributed by atoms with Gasteiger partial charge in [0.15, 0.2) is 0 Å². The zero-order chi connectivity index (χ0) is 13.4. The molecule has 2 N–H and O–H groups in total. The van der Waals surface area contributed by atoms with E-state index in [0.717, 1.165) is 13.0 Å². The van der Waals surface area contributed by atoms with E-state index in [0.29, 0.717) is 13.0 Å². The third kappa shape index (κ3) is 5.84. The van der Waals surface area contributed by atoms with Gasteiger partial charge in [0.2, 0.25) is 0 Å². The SMILES string of the molecule is COC(=O)CCC(O)CN(C)CCc1cc[nH]c1. The number of ether oxygens (including phenoxy) is 1. The van der Waals surface area contributed by atoms with Crippen LogP contribution in [0.1, 0.15) is 18.4 Å². The van der Waals surface area contributed by atoms with Gasteiger partial charge in [-0.2, -0.15) is 0 Å². The van der Waals surface area contributed by atoms with E-state index in [2.05, 4.69) is 14.6 Å². The fourth-order valence-corrected chi connectivity index (χ4v) is 1.76. The largest absolute Gasteiger partial charge is 0.469 e. The number of hydrogen-bond acceptors (Lipinski definition) is 4. The highest BCUT2D eigenvalue weighted by molar-refractivity contribution is 5.69. The number of aliphatic hydroxyl groups excluding tert-OH is 1. The Morgan fingerprint density at radius 3 is 3.00 bits per heavy atom. The molecule has 0 saturated heterocycles. The summed E-state index contributed by atoms with van der Waals surface area (Å²) in [6, 6.07) is 2.04. The molecule has 1 rings (SSSR count). The van der Waals surface area contributed by atoms with Crippen molar-refractivity contribution >= 4 is 5.97 Å². The normalized spacial score (nSPS) is 12.7. The van der Waals surface area contributed by atoms with Gasteiger partial charge in [0.1, 0.15) is 0 Å². The first-order valence-corrected chi connectivity index (χ1v) is 6.17. The maximum atomic E-state index is 10.9. The summed E-state index contributed by atoms with van der Waals surface area (Å²) in [6.07, 6.45) is 5.05. The van der Waals surface area contributed by atoms with Crippen LogP contribution in [0.5, 0.6) is 0 Å². The van der Waals surface area contributed by atoms with E-state index in [-0.39, 0.29) is 12.4 Å². The van der Waals surface area contributed by atoms with Gasteiger partial charge in [0.25, 0.3) is 0 Å². The van der Waals surface area contributed by atoms with Crippen LogP contribution in [0, 0.1) is 0 Å². The fourth-order valence-electron chi connectivity index (χ4n) is 1.76. The number of carbonyl (C=O) groups excluding carboxylic acids is 1. The number of H-pyrrole nitrogens is 1. The van der Waals surface area contributed by atoms with Crippen LogP contribution in [0.15, 0.2) is 18.5 Å². The topological polar surface area (TPSA) is 65.6 Å². The van der Waals surface area contributed by atoms with Crippen molar-refractivity contribution in [1.29, 1.82) is 0 Å². The monoisotopic (exact) mass is 254 g/mol. The van der Waals surface area contributed by atoms with Crippen LogP contribution < -0.4 is 0 Å². The van der Waals surface area contributed by atoms with Gasteiger partial charge in [-0.15, -0.1) is 0 Å². The van der Waals surface area contributed by atoms with E-state index in [9.17, 15) is 9.90 Å². The first-order chi connectivity index (χ1) is 8.61. The first kappa shape index (κ1) is 14.7. The minimum Gasteiger partial charge on any atom is -0.469 e. The van der Waals surface area contributed by atoms with Crippen molar-refractivity contribution in [1.82, 2.24) is 9.88 Å². The van der Waals surface area contributed by atoms with Crippen molar-refractivity contribution in [3.8, 4) is 0 Å². The maximum Gasteiger partial charge on any atom is 0.305 e. The molecular weight excluding hydrogens is 232 g/mol. The molecule has 0 aliphatic rings. The maximum absolute atomic E-state index is 10.9. The fraction of sp³-hybridized carbons (Fsp3) is 0.615. The Bertz CT molecular complexity index is 338. The minimum atomic E-state index is -0.486. The third-order valence-corrected chi connectivity index (χ3v) is 2.88. The number of likely N-dealkylation sites (N-methyl/N-ethyl adjacent to an activating group) is 1. The Kier molecular flexibility index (Phi) is 6.46. The minimum absolute atomic E-state index is 0.267. The summed E-state index contributed by atoms with van der Waals surface area (Å²) < 4.78 is 4.53. The molecule has 1 aromatic rings. The zero-order valence-electron chi connectivity index (χ0n) is 11.1. The molecule has 0 aliphatic carbocycles. The molecule has 1 atom stereocenters. The van der Waals surface area contributed by atoms with Gasteiger partial charge in [-0.1, -0.05) is 0 Å². The number of aromatic amines is 1. The van der Waals surface area contributed by atoms with Crippen LogP contribution in [0.4, 0.5) is 0 Å². The van der Waals surface area contributed by atoms with E-state index in [1.807, 2.05) is 25.5 Å². The summed E-state index contributed by atoms with van der Waals surface area (Å²) in [6.45, 7) is 1.45. The standard InChI is InChI=1S/C13H22N2O3/c1-15(8-6-11-5-7-14-9-11)10-12(16)3-4-13(17)18-2/h5,7,9,12,14,16H,3-4,6,8,10H2,1-2H3. The Morgan fingerprint density at radius 1 is 1.61 bits per heavy atom. The quantitative estimate of drug-likeness (QED) is 0.674. The van der Waals surface area contributed by atoms with Gasteiger partial charge in [0.05, 0.1) is 13.2 Å². The summed E-state index contributed by atoms with van der Waals surface area (Å²) >= 11 is 0. The van der Waals surface area contributed by atoms with E-state index in [1.165, 1.54) is 12.7 Å². The molecule has 0 aromatic carbocycles. The van der Waals surface area contributed by atoms with Gasteiger partial charge in [-0.05, 0) is 31.5 Å². The molecule has 5 nitrogen and oxygen atoms in total. The highest BCUT2D eigenvalue weighted by atomic mass is 16.5. The molecule has 0 aliphatic heterocycles. The molecular formula is C13H22N2O3. The molecule has 0 spiro atoms. The van der Waals surface area contributed by atoms with Crippen molar-refractivity contribution in [2.45, 2.75) is 25.4 Å². The number of nitrogens with one attached hydrogen (secondary N) is 1. The molecule has 0 saturated carbocycles. The lowest BCUT2D eigenvalue weighted by atomic mass is 10.2. The highest BCUT2D eigenvalue weighted by Crippen LogP contribution is 2.03. The predicted octanol–water partition coefficient (Wildman–Crippen LogP) is 0.803. The molecule has 1 aromatic heterocycles. The smallest absolute Gasteiger partial charge is 0.305 e. The number of nitrogens with zero attached hydrogens (tertiary/aromatic N) is 1. The molecule has 18 heavy (non-hydrogen) atoms. The van der Waals surface area contributed by atoms with Crippen molar-refractivity contribution in [3.05, 3.63) is 24.0 Å². The number of hydrogen-bond donors (Lipinski definition) is 2. The summed E-state index contributed by atoms with van der Waals surface area (Å²) in [5.74, 6) is -0.274. The second-order valence-corrected chi connectivity index (χ2v) is 4.50. The molecule has 5 heteroatoms. The van der Waals surface area contributed by atoms with Gasteiger partial charge in [-0.3, -0.25) is 4.79 Å². The number of aliphatic hydroxyl groups is 1. The second kappa shape index (κ2) is 7.89. The average Bonchev–Trinajstić information content (AvgIpc) is 2.86. The molecule has 1 unspecified atom stereocenters. The lowest BCUT2D eigenvalue weighted by Gasteiger charge is -2.20. The lowest BCUT2D eigenvalue weighted by molar-refractivity contribution is -0.141. The average molecular weight is 254 g/mol. The summed E-state index contributed by atoms with van der Waals surface area (Å²) in [5.41, 5.74) is 1.26. The molecule has 102 valence electrons. The van der Waals surface area contributed by atoms with Gasteiger partial charge in [0, 0.05) is 31.9 Å². The Morgan fingerprint density at radius 2 is 2.39 bits per heavy atom. The predicted molar refractivity (Wildman–Crippen MR) is 69.3 cm³/mol. The third-order valence-electron chi connectivity index (χ3n) is 2.88. The zero-order valence-corrected chi connectivity index (χ0v) is 11.1. The van der Waals surface area contributed by atoms with Gasteiger partial charge >= 0.3 is 5.97 Å². The van der Waals surface area contributed by atoms with Crippen LogP contribution in [0.3, 0.4) is 0 Å². The highest BCUT2D eigenvalue weighted by Gasteiger charge is 2.11. The summed E-state index contributed by atoms with van der Waals surface area (Å²) in [7, 11) is 3.33. The summed E-state index contributed by atoms with van der Waals surface area (Å²) in [5, 5.41) is 9.77. The summed E-state index contributed by atoms with van der Waals surface area (Å²) in [4.78, 5) is 16.0. The number of methoxy groups -OCH3 is 1. The van der Waals surface area contributed by atoms with Crippen LogP contribution in [-0.2, 0) is 16.0 Å². The Hall–Kier alpha value is -1.33. The number of rotatable bonds is 8. The van der Waals surface area contributed by atoms with Crippen LogP contribution in [-0.4, -0.2) is 54.3 Å². The molecule has 0 fully saturated rings. The number of aromatic nitrogens is 1. The first-order valence-electron chi connectivity index (χ1n) is 6.17. The van der Waals surface area contributed by atoms with Crippen molar-refractivity contribution in [2.75, 3.05) is 27.2 Å². The van der Waals surface area contributed by atoms with Crippen molar-refractivity contribution in [3.63, 3.8) is 0 Å². The lowest BCUT2D eigenvalue weighted by Crippen LogP contribution is -2.31. The number of esters is 1. The van der Waals surface area contributed by atoms with Crippen LogP contribution in [0.25, 0.3) is 0 Å². The Labute approximate surface area is 108 Å². The van der Waals surface area contributed by atoms with E-state index >= 15 is 0 Å². The van der Waals surface area contributed by atoms with E-state index < -0.39 is 6.10 Å². The second-order valence-electron chi connectivity index (χ2n) is 4.50. The van der Waals surface area contributed by atoms with Crippen LogP contribution >= 0.6 is 0 Å². The number of carbonyl (C=O) groups is 1. The molecule has 0 amide bonds. The molecule has 0 radical (unpaired) electrons.